The zero-order chi connectivity index (χ0) is 15.0. The van der Waals surface area contributed by atoms with Crippen LogP contribution in [-0.2, 0) is 17.8 Å². The lowest BCUT2D eigenvalue weighted by Crippen LogP contribution is -2.40. The van der Waals surface area contributed by atoms with Crippen molar-refractivity contribution < 1.29 is 18.0 Å². The first-order valence-corrected chi connectivity index (χ1v) is 7.48. The molecule has 0 fully saturated rings. The minimum atomic E-state index is -4.36. The van der Waals surface area contributed by atoms with Crippen molar-refractivity contribution in [2.45, 2.75) is 45.8 Å². The molecular weight excluding hydrogens is 287 g/mol. The fourth-order valence-corrected chi connectivity index (χ4v) is 3.19. The van der Waals surface area contributed by atoms with Crippen LogP contribution in [0.4, 0.5) is 13.2 Å². The van der Waals surface area contributed by atoms with Crippen molar-refractivity contribution in [3.05, 3.63) is 21.9 Å². The van der Waals surface area contributed by atoms with Gasteiger partial charge in [0.25, 0.3) is 0 Å². The van der Waals surface area contributed by atoms with Gasteiger partial charge in [0.05, 0.1) is 5.41 Å². The average Bonchev–Trinajstić information content (AvgIpc) is 2.64. The van der Waals surface area contributed by atoms with Crippen LogP contribution in [-0.4, -0.2) is 23.5 Å². The van der Waals surface area contributed by atoms with Crippen LogP contribution >= 0.6 is 11.3 Å². The van der Waals surface area contributed by atoms with Gasteiger partial charge in [0, 0.05) is 24.4 Å². The highest BCUT2D eigenvalue weighted by molar-refractivity contribution is 7.10. The molecule has 0 aromatic carbocycles. The van der Waals surface area contributed by atoms with Crippen LogP contribution in [0.5, 0.6) is 0 Å². The van der Waals surface area contributed by atoms with E-state index in [0.717, 1.165) is 32.3 Å². The summed E-state index contributed by atoms with van der Waals surface area (Å²) in [5, 5.41) is 1.97. The third-order valence-corrected chi connectivity index (χ3v) is 4.77. The molecule has 6 heteroatoms. The van der Waals surface area contributed by atoms with E-state index in [9.17, 15) is 18.0 Å². The van der Waals surface area contributed by atoms with Crippen LogP contribution in [0.15, 0.2) is 11.4 Å². The second kappa shape index (κ2) is 5.39. The molecule has 0 N–H and O–H groups in total. The first-order chi connectivity index (χ1) is 9.21. The van der Waals surface area contributed by atoms with E-state index in [1.807, 2.05) is 11.4 Å². The maximum Gasteiger partial charge on any atom is 0.394 e. The first-order valence-electron chi connectivity index (χ1n) is 6.60. The molecule has 2 nitrogen and oxygen atoms in total. The molecule has 1 aromatic heterocycles. The summed E-state index contributed by atoms with van der Waals surface area (Å²) in [5.74, 6) is -0.411. The molecule has 1 aliphatic rings. The van der Waals surface area contributed by atoms with Gasteiger partial charge in [-0.15, -0.1) is 11.3 Å². The lowest BCUT2D eigenvalue weighted by Gasteiger charge is -2.30. The monoisotopic (exact) mass is 305 g/mol. The van der Waals surface area contributed by atoms with Crippen molar-refractivity contribution >= 4 is 17.2 Å². The van der Waals surface area contributed by atoms with Crippen LogP contribution in [0.3, 0.4) is 0 Å². The summed E-state index contributed by atoms with van der Waals surface area (Å²) in [6, 6.07) is 1.96. The molecule has 0 unspecified atom stereocenters. The molecule has 0 spiro atoms. The lowest BCUT2D eigenvalue weighted by atomic mass is 9.88. The minimum absolute atomic E-state index is 0.411. The molecule has 0 bridgehead atoms. The quantitative estimate of drug-likeness (QED) is 0.808. The number of thiophene rings is 1. The number of carbonyl (C=O) groups excluding carboxylic acids is 1. The molecule has 20 heavy (non-hydrogen) atoms. The van der Waals surface area contributed by atoms with Crippen LogP contribution < -0.4 is 0 Å². The van der Waals surface area contributed by atoms with E-state index in [0.29, 0.717) is 13.1 Å². The van der Waals surface area contributed by atoms with Gasteiger partial charge in [0.2, 0.25) is 5.91 Å². The van der Waals surface area contributed by atoms with E-state index in [2.05, 4.69) is 0 Å². The Kier molecular flexibility index (Phi) is 4.14. The molecule has 1 aliphatic heterocycles. The summed E-state index contributed by atoms with van der Waals surface area (Å²) in [5.41, 5.74) is -0.904. The normalized spacial score (nSPS) is 16.8. The summed E-state index contributed by atoms with van der Waals surface area (Å²) in [6.45, 7) is 3.14. The fourth-order valence-electron chi connectivity index (χ4n) is 2.25. The van der Waals surface area contributed by atoms with E-state index in [1.54, 1.807) is 16.2 Å². The second-order valence-electron chi connectivity index (χ2n) is 5.85. The zero-order valence-electron chi connectivity index (χ0n) is 11.6. The lowest BCUT2D eigenvalue weighted by molar-refractivity contribution is -0.215. The highest BCUT2D eigenvalue weighted by Gasteiger charge is 2.48. The SMILES string of the molecule is CC(C)(CC(=O)N1CCCc2sccc2C1)C(F)(F)F. The number of hydrogen-bond donors (Lipinski definition) is 0. The predicted molar refractivity (Wildman–Crippen MR) is 72.5 cm³/mol. The number of aryl methyl sites for hydroxylation is 1. The number of hydrogen-bond acceptors (Lipinski definition) is 2. The van der Waals surface area contributed by atoms with Gasteiger partial charge < -0.3 is 4.90 Å². The van der Waals surface area contributed by atoms with Crippen molar-refractivity contribution in [2.24, 2.45) is 5.41 Å². The fraction of sp³-hybridized carbons (Fsp3) is 0.643. The Morgan fingerprint density at radius 2 is 2.10 bits per heavy atom. The smallest absolute Gasteiger partial charge is 0.338 e. The third-order valence-electron chi connectivity index (χ3n) is 3.74. The molecule has 0 saturated carbocycles. The molecular formula is C14H18F3NOS. The van der Waals surface area contributed by atoms with E-state index < -0.39 is 23.9 Å². The van der Waals surface area contributed by atoms with Gasteiger partial charge in [0.15, 0.2) is 0 Å². The summed E-state index contributed by atoms with van der Waals surface area (Å²) in [4.78, 5) is 15.0. The van der Waals surface area contributed by atoms with Crippen LogP contribution in [0.25, 0.3) is 0 Å². The Balaban J connectivity index is 2.07. The minimum Gasteiger partial charge on any atom is -0.338 e. The van der Waals surface area contributed by atoms with E-state index in [-0.39, 0.29) is 0 Å². The van der Waals surface area contributed by atoms with Crippen LogP contribution in [0.1, 0.15) is 37.1 Å². The van der Waals surface area contributed by atoms with Crippen molar-refractivity contribution in [3.63, 3.8) is 0 Å². The topological polar surface area (TPSA) is 20.3 Å². The Bertz CT molecular complexity index is 493. The van der Waals surface area contributed by atoms with Crippen molar-refractivity contribution in [1.82, 2.24) is 4.90 Å². The van der Waals surface area contributed by atoms with E-state index in [4.69, 9.17) is 0 Å². The summed E-state index contributed by atoms with van der Waals surface area (Å²) >= 11 is 1.65. The van der Waals surface area contributed by atoms with Crippen LogP contribution in [0, 0.1) is 5.41 Å². The van der Waals surface area contributed by atoms with Gasteiger partial charge in [-0.05, 0) is 29.9 Å². The van der Waals surface area contributed by atoms with E-state index >= 15 is 0 Å². The first kappa shape index (κ1) is 15.4. The Morgan fingerprint density at radius 3 is 2.75 bits per heavy atom. The summed E-state index contributed by atoms with van der Waals surface area (Å²) in [7, 11) is 0. The Hall–Kier alpha value is -1.04. The third kappa shape index (κ3) is 3.16. The number of amides is 1. The van der Waals surface area contributed by atoms with Gasteiger partial charge in [-0.1, -0.05) is 13.8 Å². The second-order valence-corrected chi connectivity index (χ2v) is 6.85. The number of alkyl halides is 3. The summed E-state index contributed by atoms with van der Waals surface area (Å²) < 4.78 is 38.6. The number of rotatable bonds is 2. The molecule has 0 saturated heterocycles. The van der Waals surface area contributed by atoms with Crippen molar-refractivity contribution in [3.8, 4) is 0 Å². The highest BCUT2D eigenvalue weighted by atomic mass is 32.1. The van der Waals surface area contributed by atoms with Gasteiger partial charge in [-0.25, -0.2) is 0 Å². The Labute approximate surface area is 120 Å². The molecule has 112 valence electrons. The van der Waals surface area contributed by atoms with Gasteiger partial charge in [-0.3, -0.25) is 4.79 Å². The summed E-state index contributed by atoms with van der Waals surface area (Å²) in [6.07, 6.45) is -3.14. The van der Waals surface area contributed by atoms with Crippen molar-refractivity contribution in [2.75, 3.05) is 6.54 Å². The van der Waals surface area contributed by atoms with E-state index in [1.165, 1.54) is 4.88 Å². The van der Waals surface area contributed by atoms with Gasteiger partial charge >= 0.3 is 6.18 Å². The average molecular weight is 305 g/mol. The molecule has 0 atom stereocenters. The maximum atomic E-state index is 12.9. The standard InChI is InChI=1S/C14H18F3NOS/c1-13(2,14(15,16)17)8-12(19)18-6-3-4-11-10(9-18)5-7-20-11/h5,7H,3-4,6,8-9H2,1-2H3. The molecule has 2 rings (SSSR count). The highest BCUT2D eigenvalue weighted by Crippen LogP contribution is 2.40. The molecule has 2 heterocycles. The van der Waals surface area contributed by atoms with Crippen molar-refractivity contribution in [1.29, 1.82) is 0 Å². The number of halogens is 3. The van der Waals surface area contributed by atoms with Gasteiger partial charge in [0.1, 0.15) is 0 Å². The Morgan fingerprint density at radius 1 is 1.40 bits per heavy atom. The van der Waals surface area contributed by atoms with Crippen LogP contribution in [0.2, 0.25) is 0 Å². The maximum absolute atomic E-state index is 12.9. The number of carbonyl (C=O) groups is 1. The molecule has 1 amide bonds. The molecule has 1 aromatic rings. The molecule has 0 radical (unpaired) electrons. The number of fused-ring (bicyclic) bond motifs is 1. The number of nitrogens with zero attached hydrogens (tertiary/aromatic N) is 1. The zero-order valence-corrected chi connectivity index (χ0v) is 12.4. The largest absolute Gasteiger partial charge is 0.394 e. The van der Waals surface area contributed by atoms with Gasteiger partial charge in [-0.2, -0.15) is 13.2 Å². The predicted octanol–water partition coefficient (Wildman–Crippen LogP) is 4.00. The molecule has 0 aliphatic carbocycles.